The molecule has 3 N–H and O–H groups in total. The highest BCUT2D eigenvalue weighted by molar-refractivity contribution is 5.89. The molecule has 0 spiro atoms. The smallest absolute Gasteiger partial charge is 0.356 e. The van der Waals surface area contributed by atoms with Gasteiger partial charge in [-0.25, -0.2) is 4.98 Å². The average molecular weight is 529 g/mol. The van der Waals surface area contributed by atoms with Crippen molar-refractivity contribution in [3.8, 4) is 0 Å². The molecular weight excluding hydrogens is 504 g/mol. The Morgan fingerprint density at radius 1 is 1.05 bits per heavy atom. The van der Waals surface area contributed by atoms with Gasteiger partial charge < -0.3 is 20.9 Å². The fraction of sp³-hybridized carbons (Fsp3) is 0.458. The zero-order valence-corrected chi connectivity index (χ0v) is 19.5. The van der Waals surface area contributed by atoms with Crippen LogP contribution in [0.3, 0.4) is 0 Å². The fourth-order valence-electron chi connectivity index (χ4n) is 4.40. The molecule has 1 atom stereocenters. The molecule has 2 fully saturated rings. The van der Waals surface area contributed by atoms with E-state index in [9.17, 15) is 35.9 Å². The first-order valence-corrected chi connectivity index (χ1v) is 11.7. The summed E-state index contributed by atoms with van der Waals surface area (Å²) < 4.78 is 80.2. The van der Waals surface area contributed by atoms with Crippen molar-refractivity contribution >= 4 is 29.0 Å². The van der Waals surface area contributed by atoms with Crippen LogP contribution < -0.4 is 20.9 Å². The zero-order valence-electron chi connectivity index (χ0n) is 19.5. The van der Waals surface area contributed by atoms with Crippen molar-refractivity contribution < 1.29 is 35.9 Å². The van der Waals surface area contributed by atoms with Gasteiger partial charge in [0.15, 0.2) is 0 Å². The minimum Gasteiger partial charge on any atom is -0.356 e. The third-order valence-electron chi connectivity index (χ3n) is 6.49. The van der Waals surface area contributed by atoms with Crippen LogP contribution in [0, 0.1) is 11.8 Å². The SMILES string of the molecule is O=C1CC(C(=O)NCc2ccc(Nc3cnc(N4CCC(C(F)(F)F)CC4)c(C(F)(F)F)c3)cc2)CN1. The summed E-state index contributed by atoms with van der Waals surface area (Å²) in [6.45, 7) is 0.187. The van der Waals surface area contributed by atoms with Gasteiger partial charge in [0.05, 0.1) is 23.7 Å². The second-order valence-electron chi connectivity index (χ2n) is 9.14. The third kappa shape index (κ3) is 6.63. The molecule has 0 radical (unpaired) electrons. The predicted octanol–water partition coefficient (Wildman–Crippen LogP) is 4.38. The number of pyridine rings is 1. The molecule has 2 amide bonds. The van der Waals surface area contributed by atoms with Crippen molar-refractivity contribution in [3.63, 3.8) is 0 Å². The third-order valence-corrected chi connectivity index (χ3v) is 6.49. The number of hydrogen-bond acceptors (Lipinski definition) is 5. The predicted molar refractivity (Wildman–Crippen MR) is 123 cm³/mol. The molecule has 3 heterocycles. The van der Waals surface area contributed by atoms with Gasteiger partial charge in [-0.1, -0.05) is 12.1 Å². The fourth-order valence-corrected chi connectivity index (χ4v) is 4.40. The molecule has 0 aliphatic carbocycles. The van der Waals surface area contributed by atoms with Gasteiger partial charge in [-0.2, -0.15) is 26.3 Å². The molecule has 4 rings (SSSR count). The molecular formula is C24H25F6N5O2. The molecule has 13 heteroatoms. The van der Waals surface area contributed by atoms with Crippen molar-refractivity contribution in [1.29, 1.82) is 0 Å². The number of anilines is 3. The lowest BCUT2D eigenvalue weighted by molar-refractivity contribution is -0.179. The highest BCUT2D eigenvalue weighted by atomic mass is 19.4. The molecule has 2 aliphatic rings. The summed E-state index contributed by atoms with van der Waals surface area (Å²) >= 11 is 0. The van der Waals surface area contributed by atoms with Gasteiger partial charge in [-0.3, -0.25) is 9.59 Å². The van der Waals surface area contributed by atoms with Crippen LogP contribution in [-0.4, -0.2) is 42.6 Å². The molecule has 0 saturated carbocycles. The highest BCUT2D eigenvalue weighted by Gasteiger charge is 2.43. The van der Waals surface area contributed by atoms with Crippen molar-refractivity contribution in [3.05, 3.63) is 47.7 Å². The molecule has 1 aromatic carbocycles. The summed E-state index contributed by atoms with van der Waals surface area (Å²) in [7, 11) is 0. The van der Waals surface area contributed by atoms with Crippen LogP contribution in [0.1, 0.15) is 30.4 Å². The van der Waals surface area contributed by atoms with Gasteiger partial charge in [0.2, 0.25) is 11.8 Å². The summed E-state index contributed by atoms with van der Waals surface area (Å²) in [4.78, 5) is 28.5. The second-order valence-corrected chi connectivity index (χ2v) is 9.14. The Kier molecular flexibility index (Phi) is 7.51. The van der Waals surface area contributed by atoms with Crippen LogP contribution in [-0.2, 0) is 22.3 Å². The van der Waals surface area contributed by atoms with E-state index in [2.05, 4.69) is 20.9 Å². The van der Waals surface area contributed by atoms with E-state index in [4.69, 9.17) is 0 Å². The molecule has 7 nitrogen and oxygen atoms in total. The van der Waals surface area contributed by atoms with Crippen molar-refractivity contribution in [2.24, 2.45) is 11.8 Å². The number of rotatable bonds is 6. The molecule has 1 aromatic heterocycles. The first kappa shape index (κ1) is 26.6. The Morgan fingerprint density at radius 3 is 2.30 bits per heavy atom. The maximum absolute atomic E-state index is 13.8. The Labute approximate surface area is 208 Å². The number of hydrogen-bond donors (Lipinski definition) is 3. The van der Waals surface area contributed by atoms with E-state index in [1.165, 1.54) is 11.1 Å². The van der Waals surface area contributed by atoms with E-state index in [1.54, 1.807) is 24.3 Å². The quantitative estimate of drug-likeness (QED) is 0.484. The lowest BCUT2D eigenvalue weighted by Gasteiger charge is -2.34. The van der Waals surface area contributed by atoms with Gasteiger partial charge in [-0.05, 0) is 36.6 Å². The maximum Gasteiger partial charge on any atom is 0.420 e. The van der Waals surface area contributed by atoms with Crippen LogP contribution in [0.4, 0.5) is 43.5 Å². The molecule has 0 bridgehead atoms. The molecule has 2 saturated heterocycles. The molecule has 2 aliphatic heterocycles. The first-order valence-electron chi connectivity index (χ1n) is 11.7. The minimum absolute atomic E-state index is 0.0701. The standard InChI is InChI=1S/C24H25F6N5O2/c25-23(26,27)16-5-7-35(8-6-16)21-19(24(28,29)30)10-18(13-32-21)34-17-3-1-14(2-4-17)11-33-22(37)15-9-20(36)31-12-15/h1-4,10,13,15-16,34H,5-9,11-12H2,(H,31,36)(H,33,37). The Bertz CT molecular complexity index is 1130. The summed E-state index contributed by atoms with van der Waals surface area (Å²) in [6.07, 6.45) is -8.33. The molecule has 200 valence electrons. The Hall–Kier alpha value is -3.51. The lowest BCUT2D eigenvalue weighted by atomic mass is 9.96. The second kappa shape index (κ2) is 10.5. The summed E-state index contributed by atoms with van der Waals surface area (Å²) in [5.41, 5.74) is 0.278. The van der Waals surface area contributed by atoms with Crippen molar-refractivity contribution in [2.75, 3.05) is 29.9 Å². The van der Waals surface area contributed by atoms with Crippen LogP contribution in [0.15, 0.2) is 36.5 Å². The summed E-state index contributed by atoms with van der Waals surface area (Å²) in [6, 6.07) is 7.54. The van der Waals surface area contributed by atoms with Gasteiger partial charge in [0, 0.05) is 38.3 Å². The number of nitrogens with one attached hydrogen (secondary N) is 3. The number of nitrogens with zero attached hydrogens (tertiary/aromatic N) is 2. The number of carbonyl (C=O) groups is 2. The van der Waals surface area contributed by atoms with Crippen LogP contribution in [0.2, 0.25) is 0 Å². The highest BCUT2D eigenvalue weighted by Crippen LogP contribution is 2.40. The van der Waals surface area contributed by atoms with E-state index >= 15 is 0 Å². The number of amides is 2. The van der Waals surface area contributed by atoms with E-state index in [0.29, 0.717) is 12.2 Å². The monoisotopic (exact) mass is 529 g/mol. The van der Waals surface area contributed by atoms with Gasteiger partial charge >= 0.3 is 12.4 Å². The molecule has 37 heavy (non-hydrogen) atoms. The number of alkyl halides is 6. The van der Waals surface area contributed by atoms with Crippen molar-refractivity contribution in [2.45, 2.75) is 38.2 Å². The van der Waals surface area contributed by atoms with E-state index in [0.717, 1.165) is 11.6 Å². The Morgan fingerprint density at radius 2 is 1.73 bits per heavy atom. The normalized spacial score (nSPS) is 19.0. The molecule has 1 unspecified atom stereocenters. The largest absolute Gasteiger partial charge is 0.420 e. The first-order chi connectivity index (χ1) is 17.4. The van der Waals surface area contributed by atoms with Crippen LogP contribution in [0.5, 0.6) is 0 Å². The van der Waals surface area contributed by atoms with Gasteiger partial charge in [0.25, 0.3) is 0 Å². The van der Waals surface area contributed by atoms with E-state index in [1.807, 2.05) is 0 Å². The number of piperidine rings is 1. The average Bonchev–Trinajstić information content (AvgIpc) is 3.29. The number of benzene rings is 1. The summed E-state index contributed by atoms with van der Waals surface area (Å²) in [5, 5.41) is 8.20. The van der Waals surface area contributed by atoms with Crippen LogP contribution >= 0.6 is 0 Å². The number of halogens is 6. The Balaban J connectivity index is 1.39. The number of carbonyl (C=O) groups excluding carboxylic acids is 2. The van der Waals surface area contributed by atoms with Crippen molar-refractivity contribution in [1.82, 2.24) is 15.6 Å². The van der Waals surface area contributed by atoms with E-state index < -0.39 is 29.8 Å². The molecule has 2 aromatic rings. The minimum atomic E-state index is -4.75. The lowest BCUT2D eigenvalue weighted by Crippen LogP contribution is -2.40. The topological polar surface area (TPSA) is 86.4 Å². The zero-order chi connectivity index (χ0) is 26.8. The van der Waals surface area contributed by atoms with Gasteiger partial charge in [-0.15, -0.1) is 0 Å². The number of aromatic nitrogens is 1. The van der Waals surface area contributed by atoms with Crippen LogP contribution in [0.25, 0.3) is 0 Å². The van der Waals surface area contributed by atoms with E-state index in [-0.39, 0.29) is 62.2 Å². The summed E-state index contributed by atoms with van der Waals surface area (Å²) in [5.74, 6) is -2.74. The van der Waals surface area contributed by atoms with Gasteiger partial charge in [0.1, 0.15) is 11.4 Å². The maximum atomic E-state index is 13.8.